The molecule has 0 aromatic heterocycles. The second kappa shape index (κ2) is 5.80. The molecule has 0 radical (unpaired) electrons. The predicted octanol–water partition coefficient (Wildman–Crippen LogP) is 5.65. The monoisotopic (exact) mass is 360 g/mol. The van der Waals surface area contributed by atoms with Crippen LogP contribution >= 0.6 is 27.5 Å². The Kier molecular flexibility index (Phi) is 4.03. The van der Waals surface area contributed by atoms with Crippen molar-refractivity contribution in [1.29, 1.82) is 0 Å². The molecule has 21 heavy (non-hydrogen) atoms. The van der Waals surface area contributed by atoms with Gasteiger partial charge < -0.3 is 5.11 Å². The quantitative estimate of drug-likeness (QED) is 0.625. The molecule has 3 heteroatoms. The Morgan fingerprint density at radius 3 is 2.33 bits per heavy atom. The summed E-state index contributed by atoms with van der Waals surface area (Å²) < 4.78 is 1.02. The predicted molar refractivity (Wildman–Crippen MR) is 91.9 cm³/mol. The molecule has 3 aromatic rings. The summed E-state index contributed by atoms with van der Waals surface area (Å²) in [5, 5.41) is 13.4. The van der Waals surface area contributed by atoms with E-state index in [-0.39, 0.29) is 0 Å². The summed E-state index contributed by atoms with van der Waals surface area (Å²) in [6.45, 7) is 1.98. The van der Waals surface area contributed by atoms with Gasteiger partial charge in [-0.15, -0.1) is 0 Å². The first-order valence-corrected chi connectivity index (χ1v) is 7.86. The Bertz CT molecular complexity index is 813. The molecule has 0 bridgehead atoms. The number of benzene rings is 3. The van der Waals surface area contributed by atoms with Gasteiger partial charge in [-0.1, -0.05) is 70.0 Å². The minimum atomic E-state index is -0.740. The van der Waals surface area contributed by atoms with Gasteiger partial charge in [0.05, 0.1) is 0 Å². The second-order valence-corrected chi connectivity index (χ2v) is 6.37. The average molecular weight is 362 g/mol. The summed E-state index contributed by atoms with van der Waals surface area (Å²) in [6.07, 6.45) is -0.740. The Morgan fingerprint density at radius 1 is 0.952 bits per heavy atom. The van der Waals surface area contributed by atoms with Gasteiger partial charge in [-0.05, 0) is 41.0 Å². The first-order valence-electron chi connectivity index (χ1n) is 6.69. The molecule has 0 amide bonds. The van der Waals surface area contributed by atoms with Crippen molar-refractivity contribution in [1.82, 2.24) is 0 Å². The zero-order valence-corrected chi connectivity index (χ0v) is 13.8. The molecule has 0 fully saturated rings. The second-order valence-electron chi connectivity index (χ2n) is 5.11. The SMILES string of the molecule is Cc1ccc(C(O)c2ccc(Br)c3ccccc23)c(Cl)c1. The molecule has 0 spiro atoms. The van der Waals surface area contributed by atoms with Gasteiger partial charge in [0, 0.05) is 15.1 Å². The molecule has 1 nitrogen and oxygen atoms in total. The lowest BCUT2D eigenvalue weighted by atomic mass is 9.95. The highest BCUT2D eigenvalue weighted by Crippen LogP contribution is 2.35. The molecule has 0 aliphatic carbocycles. The van der Waals surface area contributed by atoms with Crippen LogP contribution in [-0.4, -0.2) is 5.11 Å². The highest BCUT2D eigenvalue weighted by molar-refractivity contribution is 9.10. The van der Waals surface area contributed by atoms with E-state index >= 15 is 0 Å². The largest absolute Gasteiger partial charge is 0.384 e. The van der Waals surface area contributed by atoms with Crippen LogP contribution in [0.3, 0.4) is 0 Å². The van der Waals surface area contributed by atoms with E-state index in [9.17, 15) is 5.11 Å². The van der Waals surface area contributed by atoms with E-state index in [1.807, 2.05) is 61.5 Å². The number of halogens is 2. The molecule has 1 atom stereocenters. The summed E-state index contributed by atoms with van der Waals surface area (Å²) in [4.78, 5) is 0. The van der Waals surface area contributed by atoms with Crippen molar-refractivity contribution in [2.75, 3.05) is 0 Å². The van der Waals surface area contributed by atoms with Gasteiger partial charge in [-0.3, -0.25) is 0 Å². The highest BCUT2D eigenvalue weighted by atomic mass is 79.9. The Labute approximate surface area is 137 Å². The minimum absolute atomic E-state index is 0.592. The topological polar surface area (TPSA) is 20.2 Å². The molecular formula is C18H14BrClO. The van der Waals surface area contributed by atoms with Crippen LogP contribution in [0.1, 0.15) is 22.8 Å². The molecule has 106 valence electrons. The van der Waals surface area contributed by atoms with Gasteiger partial charge in [0.15, 0.2) is 0 Å². The molecule has 0 saturated heterocycles. The standard InChI is InChI=1S/C18H14BrClO/c1-11-6-7-15(17(20)10-11)18(21)14-8-9-16(19)13-5-3-2-4-12(13)14/h2-10,18,21H,1H3. The molecule has 1 unspecified atom stereocenters. The number of fused-ring (bicyclic) bond motifs is 1. The van der Waals surface area contributed by atoms with Crippen LogP contribution in [0, 0.1) is 6.92 Å². The van der Waals surface area contributed by atoms with Crippen molar-refractivity contribution < 1.29 is 5.11 Å². The fraction of sp³-hybridized carbons (Fsp3) is 0.111. The van der Waals surface area contributed by atoms with Crippen molar-refractivity contribution in [3.63, 3.8) is 0 Å². The van der Waals surface area contributed by atoms with Crippen LogP contribution < -0.4 is 0 Å². The maximum Gasteiger partial charge on any atom is 0.106 e. The average Bonchev–Trinajstić information content (AvgIpc) is 2.47. The van der Waals surface area contributed by atoms with Gasteiger partial charge in [-0.25, -0.2) is 0 Å². The molecule has 0 saturated carbocycles. The lowest BCUT2D eigenvalue weighted by molar-refractivity contribution is 0.222. The molecule has 0 aliphatic heterocycles. The Morgan fingerprint density at radius 2 is 1.62 bits per heavy atom. The molecule has 3 rings (SSSR count). The maximum atomic E-state index is 10.8. The number of aliphatic hydroxyl groups is 1. The normalized spacial score (nSPS) is 12.6. The van der Waals surface area contributed by atoms with E-state index < -0.39 is 6.10 Å². The van der Waals surface area contributed by atoms with Crippen LogP contribution in [0.4, 0.5) is 0 Å². The van der Waals surface area contributed by atoms with E-state index in [4.69, 9.17) is 11.6 Å². The third-order valence-corrected chi connectivity index (χ3v) is 4.67. The van der Waals surface area contributed by atoms with Crippen molar-refractivity contribution in [2.24, 2.45) is 0 Å². The Hall–Kier alpha value is -1.35. The number of aliphatic hydroxyl groups excluding tert-OH is 1. The molecule has 0 aliphatic rings. The first kappa shape index (κ1) is 14.6. The summed E-state index contributed by atoms with van der Waals surface area (Å²) in [6, 6.07) is 17.6. The summed E-state index contributed by atoms with van der Waals surface area (Å²) in [5.74, 6) is 0. The Balaban J connectivity index is 2.18. The number of hydrogen-bond acceptors (Lipinski definition) is 1. The molecular weight excluding hydrogens is 348 g/mol. The van der Waals surface area contributed by atoms with Crippen molar-refractivity contribution in [2.45, 2.75) is 13.0 Å². The van der Waals surface area contributed by atoms with Crippen molar-refractivity contribution in [3.8, 4) is 0 Å². The van der Waals surface area contributed by atoms with Crippen LogP contribution in [0.25, 0.3) is 10.8 Å². The van der Waals surface area contributed by atoms with Gasteiger partial charge >= 0.3 is 0 Å². The third-order valence-electron chi connectivity index (χ3n) is 3.65. The van der Waals surface area contributed by atoms with Crippen LogP contribution in [0.5, 0.6) is 0 Å². The van der Waals surface area contributed by atoms with E-state index in [0.717, 1.165) is 31.9 Å². The van der Waals surface area contributed by atoms with E-state index in [1.54, 1.807) is 0 Å². The van der Waals surface area contributed by atoms with Gasteiger partial charge in [0.1, 0.15) is 6.10 Å². The maximum absolute atomic E-state index is 10.8. The summed E-state index contributed by atoms with van der Waals surface area (Å²) >= 11 is 9.84. The van der Waals surface area contributed by atoms with Gasteiger partial charge in [0.25, 0.3) is 0 Å². The molecule has 1 N–H and O–H groups in total. The zero-order valence-electron chi connectivity index (χ0n) is 11.5. The van der Waals surface area contributed by atoms with Gasteiger partial charge in [0.2, 0.25) is 0 Å². The number of hydrogen-bond donors (Lipinski definition) is 1. The van der Waals surface area contributed by atoms with Crippen molar-refractivity contribution >= 4 is 38.3 Å². The van der Waals surface area contributed by atoms with E-state index in [1.165, 1.54) is 0 Å². The summed E-state index contributed by atoms with van der Waals surface area (Å²) in [5.41, 5.74) is 2.67. The zero-order chi connectivity index (χ0) is 15.0. The minimum Gasteiger partial charge on any atom is -0.384 e. The molecule has 3 aromatic carbocycles. The number of aryl methyl sites for hydroxylation is 1. The third kappa shape index (κ3) is 2.71. The highest BCUT2D eigenvalue weighted by Gasteiger charge is 2.17. The van der Waals surface area contributed by atoms with Crippen molar-refractivity contribution in [3.05, 3.63) is 80.8 Å². The van der Waals surface area contributed by atoms with Crippen LogP contribution in [0.2, 0.25) is 5.02 Å². The first-order chi connectivity index (χ1) is 10.1. The van der Waals surface area contributed by atoms with Crippen LogP contribution in [-0.2, 0) is 0 Å². The number of rotatable bonds is 2. The van der Waals surface area contributed by atoms with Crippen LogP contribution in [0.15, 0.2) is 59.1 Å². The molecule has 0 heterocycles. The lowest BCUT2D eigenvalue weighted by Gasteiger charge is -2.16. The fourth-order valence-corrected chi connectivity index (χ4v) is 3.36. The fourth-order valence-electron chi connectivity index (χ4n) is 2.55. The van der Waals surface area contributed by atoms with E-state index in [0.29, 0.717) is 5.02 Å². The van der Waals surface area contributed by atoms with Gasteiger partial charge in [-0.2, -0.15) is 0 Å². The smallest absolute Gasteiger partial charge is 0.106 e. The summed E-state index contributed by atoms with van der Waals surface area (Å²) in [7, 11) is 0. The lowest BCUT2D eigenvalue weighted by Crippen LogP contribution is -2.02. The van der Waals surface area contributed by atoms with E-state index in [2.05, 4.69) is 15.9 Å².